The van der Waals surface area contributed by atoms with Gasteiger partial charge in [0.15, 0.2) is 5.69 Å². The highest BCUT2D eigenvalue weighted by molar-refractivity contribution is 7.89. The molecule has 0 amide bonds. The second-order valence-corrected chi connectivity index (χ2v) is 7.71. The Morgan fingerprint density at radius 1 is 1.29 bits per heavy atom. The molecule has 0 saturated heterocycles. The van der Waals surface area contributed by atoms with E-state index in [0.717, 1.165) is 28.9 Å². The van der Waals surface area contributed by atoms with Crippen molar-refractivity contribution in [3.05, 3.63) is 51.3 Å². The Morgan fingerprint density at radius 2 is 1.96 bits per heavy atom. The molecule has 1 aliphatic heterocycles. The molecule has 0 saturated carbocycles. The summed E-state index contributed by atoms with van der Waals surface area (Å²) in [6.45, 7) is -0.251. The Bertz CT molecular complexity index is 986. The van der Waals surface area contributed by atoms with Crippen molar-refractivity contribution >= 4 is 15.7 Å². The van der Waals surface area contributed by atoms with Gasteiger partial charge in [-0.2, -0.15) is 18.3 Å². The summed E-state index contributed by atoms with van der Waals surface area (Å²) in [5.41, 5.74) is -0.950. The van der Waals surface area contributed by atoms with Crippen LogP contribution in [0.25, 0.3) is 0 Å². The molecule has 0 radical (unpaired) electrons. The molecule has 0 spiro atoms. The summed E-state index contributed by atoms with van der Waals surface area (Å²) in [7, 11) is -3.98. The van der Waals surface area contributed by atoms with Gasteiger partial charge in [-0.05, 0) is 12.1 Å². The lowest BCUT2D eigenvalue weighted by atomic mass is 10.1. The Hall–Kier alpha value is -2.51. The average Bonchev–Trinajstić information content (AvgIpc) is 3.01. The molecule has 1 aromatic heterocycles. The standard InChI is InChI=1S/C15H15F3N4O5S/c16-15(17,18)14-12-9-27-8-5-13(12)21(20-14)7-6-19-28(25,26)11-3-1-10(2-4-11)22(23)24/h1-4,19H,5-9H2. The second-order valence-electron chi connectivity index (χ2n) is 5.95. The maximum absolute atomic E-state index is 13.1. The smallest absolute Gasteiger partial charge is 0.376 e. The number of sulfonamides is 1. The molecule has 9 nitrogen and oxygen atoms in total. The molecule has 2 aromatic rings. The van der Waals surface area contributed by atoms with E-state index in [2.05, 4.69) is 9.82 Å². The molecule has 1 N–H and O–H groups in total. The van der Waals surface area contributed by atoms with Crippen molar-refractivity contribution in [3.8, 4) is 0 Å². The van der Waals surface area contributed by atoms with Gasteiger partial charge in [-0.15, -0.1) is 0 Å². The molecule has 1 aliphatic rings. The summed E-state index contributed by atoms with van der Waals surface area (Å²) in [6, 6.07) is 4.26. The lowest BCUT2D eigenvalue weighted by molar-refractivity contribution is -0.384. The Labute approximate surface area is 157 Å². The van der Waals surface area contributed by atoms with Gasteiger partial charge >= 0.3 is 6.18 Å². The highest BCUT2D eigenvalue weighted by Crippen LogP contribution is 2.34. The molecule has 0 bridgehead atoms. The first-order chi connectivity index (χ1) is 13.1. The molecule has 0 fully saturated rings. The zero-order chi connectivity index (χ0) is 20.5. The van der Waals surface area contributed by atoms with Crippen molar-refractivity contribution in [2.24, 2.45) is 0 Å². The highest BCUT2D eigenvalue weighted by atomic mass is 32.2. The number of aromatic nitrogens is 2. The molecule has 28 heavy (non-hydrogen) atoms. The zero-order valence-corrected chi connectivity index (χ0v) is 15.1. The van der Waals surface area contributed by atoms with Crippen LogP contribution in [0.3, 0.4) is 0 Å². The Morgan fingerprint density at radius 3 is 2.57 bits per heavy atom. The van der Waals surface area contributed by atoms with E-state index < -0.39 is 26.8 Å². The number of nitro groups is 1. The van der Waals surface area contributed by atoms with Crippen molar-refractivity contribution in [1.82, 2.24) is 14.5 Å². The molecule has 152 valence electrons. The lowest BCUT2D eigenvalue weighted by Gasteiger charge is -2.15. The van der Waals surface area contributed by atoms with Gasteiger partial charge in [-0.25, -0.2) is 13.1 Å². The van der Waals surface area contributed by atoms with Gasteiger partial charge < -0.3 is 4.74 Å². The normalized spacial score (nSPS) is 14.7. The van der Waals surface area contributed by atoms with Crippen LogP contribution in [0.4, 0.5) is 18.9 Å². The zero-order valence-electron chi connectivity index (χ0n) is 14.3. The SMILES string of the molecule is O=[N+]([O-])c1ccc(S(=O)(=O)NCCn2nc(C(F)(F)F)c3c2CCOC3)cc1. The van der Waals surface area contributed by atoms with Gasteiger partial charge in [0.1, 0.15) is 0 Å². The number of nitro benzene ring substituents is 1. The molecule has 1 aromatic carbocycles. The monoisotopic (exact) mass is 420 g/mol. The predicted molar refractivity (Wildman–Crippen MR) is 88.9 cm³/mol. The van der Waals surface area contributed by atoms with Crippen LogP contribution in [-0.4, -0.2) is 36.3 Å². The third-order valence-corrected chi connectivity index (χ3v) is 5.62. The quantitative estimate of drug-likeness (QED) is 0.563. The van der Waals surface area contributed by atoms with Gasteiger partial charge in [-0.1, -0.05) is 0 Å². The summed E-state index contributed by atoms with van der Waals surface area (Å²) < 4.78 is 72.3. The molecular weight excluding hydrogens is 405 g/mol. The van der Waals surface area contributed by atoms with Crippen LogP contribution < -0.4 is 4.72 Å². The van der Waals surface area contributed by atoms with E-state index >= 15 is 0 Å². The van der Waals surface area contributed by atoms with E-state index in [1.165, 1.54) is 0 Å². The maximum atomic E-state index is 13.1. The summed E-state index contributed by atoms with van der Waals surface area (Å²) in [5.74, 6) is 0. The third-order valence-electron chi connectivity index (χ3n) is 4.14. The Kier molecular flexibility index (Phi) is 5.41. The molecule has 0 aliphatic carbocycles. The molecule has 13 heteroatoms. The predicted octanol–water partition coefficient (Wildman–Crippen LogP) is 1.86. The fraction of sp³-hybridized carbons (Fsp3) is 0.400. The van der Waals surface area contributed by atoms with Crippen LogP contribution in [0.1, 0.15) is 17.0 Å². The van der Waals surface area contributed by atoms with Gasteiger partial charge in [0.2, 0.25) is 10.0 Å². The van der Waals surface area contributed by atoms with Gasteiger partial charge in [0.25, 0.3) is 5.69 Å². The Balaban J connectivity index is 1.72. The van der Waals surface area contributed by atoms with Crippen LogP contribution in [0.15, 0.2) is 29.2 Å². The number of nitrogens with zero attached hydrogens (tertiary/aromatic N) is 3. The van der Waals surface area contributed by atoms with Crippen molar-refractivity contribution in [2.75, 3.05) is 13.2 Å². The second kappa shape index (κ2) is 7.48. The number of fused-ring (bicyclic) bond motifs is 1. The number of alkyl halides is 3. The fourth-order valence-corrected chi connectivity index (χ4v) is 3.86. The first-order valence-corrected chi connectivity index (χ1v) is 9.55. The highest BCUT2D eigenvalue weighted by Gasteiger charge is 2.39. The van der Waals surface area contributed by atoms with Crippen molar-refractivity contribution in [1.29, 1.82) is 0 Å². The number of non-ortho nitro benzene ring substituents is 1. The number of halogens is 3. The summed E-state index contributed by atoms with van der Waals surface area (Å²) in [5, 5.41) is 14.2. The van der Waals surface area contributed by atoms with Gasteiger partial charge in [-0.3, -0.25) is 14.8 Å². The first-order valence-electron chi connectivity index (χ1n) is 8.07. The molecular formula is C15H15F3N4O5S. The topological polar surface area (TPSA) is 116 Å². The van der Waals surface area contributed by atoms with Crippen molar-refractivity contribution < 1.29 is 31.2 Å². The van der Waals surface area contributed by atoms with Crippen LogP contribution in [-0.2, 0) is 40.5 Å². The molecule has 2 heterocycles. The van der Waals surface area contributed by atoms with Crippen LogP contribution in [0.2, 0.25) is 0 Å². The van der Waals surface area contributed by atoms with E-state index in [0.29, 0.717) is 5.69 Å². The van der Waals surface area contributed by atoms with Crippen LogP contribution >= 0.6 is 0 Å². The molecule has 0 unspecified atom stereocenters. The number of benzene rings is 1. The summed E-state index contributed by atoms with van der Waals surface area (Å²) in [6.07, 6.45) is -4.39. The van der Waals surface area contributed by atoms with Crippen LogP contribution in [0, 0.1) is 10.1 Å². The minimum absolute atomic E-state index is 0.0306. The lowest BCUT2D eigenvalue weighted by Crippen LogP contribution is -2.28. The minimum Gasteiger partial charge on any atom is -0.376 e. The van der Waals surface area contributed by atoms with Crippen LogP contribution in [0.5, 0.6) is 0 Å². The number of rotatable bonds is 6. The minimum atomic E-state index is -4.63. The molecule has 0 atom stereocenters. The largest absolute Gasteiger partial charge is 0.435 e. The van der Waals surface area contributed by atoms with E-state index in [-0.39, 0.29) is 48.9 Å². The van der Waals surface area contributed by atoms with Crippen molar-refractivity contribution in [2.45, 2.75) is 30.6 Å². The number of hydrogen-bond donors (Lipinski definition) is 1. The van der Waals surface area contributed by atoms with Gasteiger partial charge in [0, 0.05) is 36.4 Å². The number of ether oxygens (including phenoxy) is 1. The van der Waals surface area contributed by atoms with Crippen molar-refractivity contribution in [3.63, 3.8) is 0 Å². The summed E-state index contributed by atoms with van der Waals surface area (Å²) in [4.78, 5) is 9.77. The number of nitrogens with one attached hydrogen (secondary N) is 1. The average molecular weight is 420 g/mol. The number of hydrogen-bond acceptors (Lipinski definition) is 6. The van der Waals surface area contributed by atoms with E-state index in [1.54, 1.807) is 0 Å². The third kappa shape index (κ3) is 4.15. The first kappa shape index (κ1) is 20.2. The maximum Gasteiger partial charge on any atom is 0.435 e. The van der Waals surface area contributed by atoms with E-state index in [1.807, 2.05) is 0 Å². The fourth-order valence-electron chi connectivity index (χ4n) is 2.84. The summed E-state index contributed by atoms with van der Waals surface area (Å²) >= 11 is 0. The van der Waals surface area contributed by atoms with Gasteiger partial charge in [0.05, 0.1) is 29.6 Å². The van der Waals surface area contributed by atoms with E-state index in [9.17, 15) is 31.7 Å². The van der Waals surface area contributed by atoms with E-state index in [4.69, 9.17) is 4.74 Å². The molecule has 3 rings (SSSR count).